The van der Waals surface area contributed by atoms with E-state index in [1.54, 1.807) is 36.8 Å². The third-order valence-corrected chi connectivity index (χ3v) is 7.29. The van der Waals surface area contributed by atoms with E-state index >= 15 is 4.39 Å². The first-order chi connectivity index (χ1) is 18.3. The lowest BCUT2D eigenvalue weighted by molar-refractivity contribution is -0.117. The predicted octanol–water partition coefficient (Wildman–Crippen LogP) is 4.37. The Morgan fingerprint density at radius 3 is 2.58 bits per heavy atom. The molecule has 38 heavy (non-hydrogen) atoms. The summed E-state index contributed by atoms with van der Waals surface area (Å²) in [6.07, 6.45) is 9.62. The van der Waals surface area contributed by atoms with Gasteiger partial charge in [0, 0.05) is 47.1 Å². The fraction of sp³-hybridized carbons (Fsp3) is 0.393. The number of nitrogens with one attached hydrogen (secondary N) is 1. The maximum absolute atomic E-state index is 15.4. The highest BCUT2D eigenvalue weighted by Crippen LogP contribution is 2.46. The highest BCUT2D eigenvalue weighted by Gasteiger charge is 2.46. The fourth-order valence-electron chi connectivity index (χ4n) is 5.06. The highest BCUT2D eigenvalue weighted by molar-refractivity contribution is 5.95. The quantitative estimate of drug-likeness (QED) is 0.391. The highest BCUT2D eigenvalue weighted by atomic mass is 19.1. The van der Waals surface area contributed by atoms with Crippen molar-refractivity contribution >= 4 is 17.2 Å². The molecule has 0 radical (unpaired) electrons. The summed E-state index contributed by atoms with van der Waals surface area (Å²) in [7, 11) is 0. The van der Waals surface area contributed by atoms with Crippen molar-refractivity contribution in [3.63, 3.8) is 0 Å². The molecule has 2 atom stereocenters. The standard InChI is InChI=1S/C28H29FN6O3/c1-15-11-31-27(32-12-15)22-10-23(22)28(37)33-26-9-17-8-20(24(29)14-35(17)34-26)21-7-16(2)30-13-25(21)38-19-5-3-18(36)4-6-19/h7-9,11-14,18-19,22-23,36H,3-6,10H2,1-2H3,(H,33,34,37). The minimum Gasteiger partial charge on any atom is -0.488 e. The van der Waals surface area contributed by atoms with E-state index in [-0.39, 0.29) is 30.0 Å². The van der Waals surface area contributed by atoms with Crippen LogP contribution in [0.4, 0.5) is 10.2 Å². The predicted molar refractivity (Wildman–Crippen MR) is 138 cm³/mol. The van der Waals surface area contributed by atoms with Crippen LogP contribution in [0, 0.1) is 25.6 Å². The van der Waals surface area contributed by atoms with Crippen LogP contribution in [-0.4, -0.2) is 47.8 Å². The zero-order chi connectivity index (χ0) is 26.4. The maximum atomic E-state index is 15.4. The molecule has 2 unspecified atom stereocenters. The number of fused-ring (bicyclic) bond motifs is 1. The molecule has 4 aromatic rings. The van der Waals surface area contributed by atoms with E-state index in [1.165, 1.54) is 10.7 Å². The largest absolute Gasteiger partial charge is 0.488 e. The molecule has 1 amide bonds. The minimum absolute atomic E-state index is 0.00235. The third-order valence-electron chi connectivity index (χ3n) is 7.29. The summed E-state index contributed by atoms with van der Waals surface area (Å²) in [4.78, 5) is 25.9. The molecule has 2 fully saturated rings. The Hall–Kier alpha value is -3.92. The SMILES string of the molecule is Cc1cnc(C2CC2C(=O)Nc2cc3cc(-c4cc(C)ncc4OC4CCC(O)CC4)c(F)cn3n2)nc1. The van der Waals surface area contributed by atoms with Crippen molar-refractivity contribution in [3.05, 3.63) is 65.9 Å². The van der Waals surface area contributed by atoms with E-state index in [1.807, 2.05) is 13.8 Å². The molecule has 4 heterocycles. The van der Waals surface area contributed by atoms with Gasteiger partial charge in [0.2, 0.25) is 5.91 Å². The smallest absolute Gasteiger partial charge is 0.229 e. The van der Waals surface area contributed by atoms with Gasteiger partial charge in [0.1, 0.15) is 17.4 Å². The van der Waals surface area contributed by atoms with Crippen LogP contribution in [0.15, 0.2) is 43.0 Å². The number of halogens is 1. The number of rotatable bonds is 6. The number of aliphatic hydroxyl groups excluding tert-OH is 1. The summed E-state index contributed by atoms with van der Waals surface area (Å²) in [5, 5.41) is 17.0. The van der Waals surface area contributed by atoms with Gasteiger partial charge in [-0.1, -0.05) is 0 Å². The molecule has 0 saturated heterocycles. The number of carbonyl (C=O) groups excluding carboxylic acids is 1. The molecule has 0 aliphatic heterocycles. The first-order valence-electron chi connectivity index (χ1n) is 12.9. The second-order valence-electron chi connectivity index (χ2n) is 10.4. The topological polar surface area (TPSA) is 115 Å². The van der Waals surface area contributed by atoms with E-state index in [4.69, 9.17) is 4.74 Å². The lowest BCUT2D eigenvalue weighted by atomic mass is 9.95. The van der Waals surface area contributed by atoms with Crippen LogP contribution in [0.5, 0.6) is 5.75 Å². The molecule has 0 bridgehead atoms. The molecule has 0 aromatic carbocycles. The molecular formula is C28H29FN6O3. The number of hydrogen-bond donors (Lipinski definition) is 2. The Kier molecular flexibility index (Phi) is 6.27. The third kappa shape index (κ3) is 4.96. The molecule has 2 N–H and O–H groups in total. The zero-order valence-corrected chi connectivity index (χ0v) is 21.3. The van der Waals surface area contributed by atoms with Crippen molar-refractivity contribution in [3.8, 4) is 16.9 Å². The second kappa shape index (κ2) is 9.75. The first-order valence-corrected chi connectivity index (χ1v) is 12.9. The summed E-state index contributed by atoms with van der Waals surface area (Å²) < 4.78 is 23.0. The Bertz CT molecular complexity index is 1500. The monoisotopic (exact) mass is 516 g/mol. The van der Waals surface area contributed by atoms with Crippen LogP contribution in [0.2, 0.25) is 0 Å². The molecule has 0 spiro atoms. The summed E-state index contributed by atoms with van der Waals surface area (Å²) in [6, 6.07) is 5.23. The molecule has 9 nitrogen and oxygen atoms in total. The van der Waals surface area contributed by atoms with Crippen LogP contribution in [0.1, 0.15) is 55.1 Å². The Balaban J connectivity index is 1.22. The van der Waals surface area contributed by atoms with E-state index in [0.29, 0.717) is 53.3 Å². The lowest BCUT2D eigenvalue weighted by Gasteiger charge is -2.27. The lowest BCUT2D eigenvalue weighted by Crippen LogP contribution is -2.26. The number of aryl methyl sites for hydroxylation is 2. The summed E-state index contributed by atoms with van der Waals surface area (Å²) in [6.45, 7) is 3.77. The van der Waals surface area contributed by atoms with Crippen LogP contribution >= 0.6 is 0 Å². The van der Waals surface area contributed by atoms with E-state index in [2.05, 4.69) is 25.4 Å². The number of amides is 1. The maximum Gasteiger partial charge on any atom is 0.229 e. The van der Waals surface area contributed by atoms with Crippen molar-refractivity contribution in [2.24, 2.45) is 5.92 Å². The van der Waals surface area contributed by atoms with Crippen molar-refractivity contribution in [2.75, 3.05) is 5.32 Å². The number of ether oxygens (including phenoxy) is 1. The molecule has 2 aliphatic carbocycles. The van der Waals surface area contributed by atoms with Gasteiger partial charge in [0.05, 0.1) is 30.1 Å². The van der Waals surface area contributed by atoms with Crippen molar-refractivity contribution in [2.45, 2.75) is 64.1 Å². The summed E-state index contributed by atoms with van der Waals surface area (Å²) in [5.41, 5.74) is 3.32. The van der Waals surface area contributed by atoms with Gasteiger partial charge in [0.15, 0.2) is 5.82 Å². The first kappa shape index (κ1) is 24.4. The van der Waals surface area contributed by atoms with Crippen molar-refractivity contribution in [1.82, 2.24) is 24.6 Å². The van der Waals surface area contributed by atoms with Gasteiger partial charge in [0.25, 0.3) is 0 Å². The van der Waals surface area contributed by atoms with Crippen LogP contribution in [0.3, 0.4) is 0 Å². The minimum atomic E-state index is -0.466. The van der Waals surface area contributed by atoms with Gasteiger partial charge >= 0.3 is 0 Å². The van der Waals surface area contributed by atoms with Crippen LogP contribution in [0.25, 0.3) is 16.6 Å². The van der Waals surface area contributed by atoms with Gasteiger partial charge in [-0.3, -0.25) is 9.78 Å². The van der Waals surface area contributed by atoms with Gasteiger partial charge < -0.3 is 15.2 Å². The second-order valence-corrected chi connectivity index (χ2v) is 10.4. The normalized spacial score (nSPS) is 22.8. The Labute approximate surface area is 219 Å². The summed E-state index contributed by atoms with van der Waals surface area (Å²) in [5.74, 6) is 0.699. The van der Waals surface area contributed by atoms with Gasteiger partial charge in [-0.2, -0.15) is 0 Å². The number of aromatic nitrogens is 5. The van der Waals surface area contributed by atoms with E-state index in [9.17, 15) is 9.90 Å². The van der Waals surface area contributed by atoms with Gasteiger partial charge in [-0.05, 0) is 63.6 Å². The van der Waals surface area contributed by atoms with E-state index < -0.39 is 5.82 Å². The molecule has 6 rings (SSSR count). The number of carbonyl (C=O) groups is 1. The van der Waals surface area contributed by atoms with Crippen LogP contribution in [-0.2, 0) is 4.79 Å². The number of aliphatic hydroxyl groups is 1. The summed E-state index contributed by atoms with van der Waals surface area (Å²) >= 11 is 0. The van der Waals surface area contributed by atoms with E-state index in [0.717, 1.165) is 24.1 Å². The number of nitrogens with zero attached hydrogens (tertiary/aromatic N) is 5. The van der Waals surface area contributed by atoms with Crippen molar-refractivity contribution in [1.29, 1.82) is 0 Å². The molecule has 4 aromatic heterocycles. The number of pyridine rings is 2. The average molecular weight is 517 g/mol. The molecule has 2 aliphatic rings. The molecular weight excluding hydrogens is 487 g/mol. The van der Waals surface area contributed by atoms with Gasteiger partial charge in [-0.25, -0.2) is 18.9 Å². The number of hydrogen-bond acceptors (Lipinski definition) is 7. The molecule has 10 heteroatoms. The Morgan fingerprint density at radius 1 is 1.05 bits per heavy atom. The Morgan fingerprint density at radius 2 is 1.82 bits per heavy atom. The van der Waals surface area contributed by atoms with Crippen molar-refractivity contribution < 1.29 is 19.0 Å². The fourth-order valence-corrected chi connectivity index (χ4v) is 5.06. The van der Waals surface area contributed by atoms with Gasteiger partial charge in [-0.15, -0.1) is 5.10 Å². The average Bonchev–Trinajstić information content (AvgIpc) is 3.61. The molecule has 196 valence electrons. The molecule has 2 saturated carbocycles. The van der Waals surface area contributed by atoms with Crippen LogP contribution < -0.4 is 10.1 Å². The zero-order valence-electron chi connectivity index (χ0n) is 21.3. The number of anilines is 1.